The van der Waals surface area contributed by atoms with E-state index in [0.29, 0.717) is 0 Å². The van der Waals surface area contributed by atoms with Crippen LogP contribution in [0.15, 0.2) is 18.2 Å². The SMILES string of the molecule is COc1ccc(C)cc1CC(C)(C)CNC1CC1. The van der Waals surface area contributed by atoms with Gasteiger partial charge in [-0.3, -0.25) is 0 Å². The highest BCUT2D eigenvalue weighted by molar-refractivity contribution is 5.37. The van der Waals surface area contributed by atoms with Gasteiger partial charge >= 0.3 is 0 Å². The second-order valence-electron chi connectivity index (χ2n) is 6.31. The monoisotopic (exact) mass is 247 g/mol. The maximum Gasteiger partial charge on any atom is 0.122 e. The van der Waals surface area contributed by atoms with Gasteiger partial charge in [-0.15, -0.1) is 0 Å². The summed E-state index contributed by atoms with van der Waals surface area (Å²) in [5.74, 6) is 1.01. The van der Waals surface area contributed by atoms with E-state index in [1.807, 2.05) is 0 Å². The third kappa shape index (κ3) is 3.74. The Morgan fingerprint density at radius 3 is 2.67 bits per heavy atom. The molecular weight excluding hydrogens is 222 g/mol. The summed E-state index contributed by atoms with van der Waals surface area (Å²) in [6, 6.07) is 7.22. The molecule has 0 unspecified atom stereocenters. The molecular formula is C16H25NO. The molecule has 1 fully saturated rings. The first-order valence-electron chi connectivity index (χ1n) is 6.87. The average Bonchev–Trinajstić information content (AvgIpc) is 3.10. The Balaban J connectivity index is 2.03. The van der Waals surface area contributed by atoms with Gasteiger partial charge in [-0.05, 0) is 43.2 Å². The minimum Gasteiger partial charge on any atom is -0.496 e. The summed E-state index contributed by atoms with van der Waals surface area (Å²) < 4.78 is 5.46. The molecule has 0 atom stereocenters. The molecule has 1 aromatic carbocycles. The van der Waals surface area contributed by atoms with Crippen molar-refractivity contribution in [2.45, 2.75) is 46.1 Å². The predicted octanol–water partition coefficient (Wildman–Crippen LogP) is 3.32. The summed E-state index contributed by atoms with van der Waals surface area (Å²) in [6.07, 6.45) is 3.76. The Bertz CT molecular complexity index is 408. The van der Waals surface area contributed by atoms with E-state index in [4.69, 9.17) is 4.74 Å². The van der Waals surface area contributed by atoms with Gasteiger partial charge in [0.25, 0.3) is 0 Å². The summed E-state index contributed by atoms with van der Waals surface area (Å²) in [6.45, 7) is 7.86. The summed E-state index contributed by atoms with van der Waals surface area (Å²) in [5, 5.41) is 3.63. The summed E-state index contributed by atoms with van der Waals surface area (Å²) >= 11 is 0. The molecule has 18 heavy (non-hydrogen) atoms. The van der Waals surface area contributed by atoms with Crippen molar-refractivity contribution in [2.24, 2.45) is 5.41 Å². The number of rotatable bonds is 6. The number of hydrogen-bond donors (Lipinski definition) is 1. The summed E-state index contributed by atoms with van der Waals surface area (Å²) in [5.41, 5.74) is 2.89. The normalized spacial score (nSPS) is 15.8. The van der Waals surface area contributed by atoms with Crippen molar-refractivity contribution in [3.8, 4) is 5.75 Å². The van der Waals surface area contributed by atoms with Crippen LogP contribution in [-0.2, 0) is 6.42 Å². The van der Waals surface area contributed by atoms with Crippen molar-refractivity contribution in [1.29, 1.82) is 0 Å². The lowest BCUT2D eigenvalue weighted by molar-refractivity contribution is 0.328. The molecule has 2 rings (SSSR count). The summed E-state index contributed by atoms with van der Waals surface area (Å²) in [4.78, 5) is 0. The van der Waals surface area contributed by atoms with Crippen LogP contribution in [0.3, 0.4) is 0 Å². The minimum atomic E-state index is 0.268. The van der Waals surface area contributed by atoms with E-state index in [9.17, 15) is 0 Å². The van der Waals surface area contributed by atoms with Crippen molar-refractivity contribution in [3.05, 3.63) is 29.3 Å². The Labute approximate surface area is 111 Å². The zero-order chi connectivity index (χ0) is 13.2. The van der Waals surface area contributed by atoms with Crippen LogP contribution < -0.4 is 10.1 Å². The van der Waals surface area contributed by atoms with Crippen molar-refractivity contribution in [3.63, 3.8) is 0 Å². The van der Waals surface area contributed by atoms with Crippen LogP contribution >= 0.6 is 0 Å². The van der Waals surface area contributed by atoms with Crippen LogP contribution in [-0.4, -0.2) is 19.7 Å². The number of ether oxygens (including phenoxy) is 1. The van der Waals surface area contributed by atoms with Gasteiger partial charge in [0.2, 0.25) is 0 Å². The Morgan fingerprint density at radius 1 is 1.33 bits per heavy atom. The third-order valence-electron chi connectivity index (χ3n) is 3.55. The average molecular weight is 247 g/mol. The first-order chi connectivity index (χ1) is 8.50. The molecule has 0 spiro atoms. The number of methoxy groups -OCH3 is 1. The molecule has 2 heteroatoms. The second-order valence-corrected chi connectivity index (χ2v) is 6.31. The van der Waals surface area contributed by atoms with Gasteiger partial charge in [-0.25, -0.2) is 0 Å². The predicted molar refractivity (Wildman–Crippen MR) is 76.2 cm³/mol. The van der Waals surface area contributed by atoms with Gasteiger partial charge in [0.1, 0.15) is 5.75 Å². The standard InChI is InChI=1S/C16H25NO/c1-12-5-8-15(18-4)13(9-12)10-16(2,3)11-17-14-6-7-14/h5,8-9,14,17H,6-7,10-11H2,1-4H3. The molecule has 0 radical (unpaired) electrons. The highest BCUT2D eigenvalue weighted by atomic mass is 16.5. The first kappa shape index (κ1) is 13.4. The van der Waals surface area contributed by atoms with Crippen molar-refractivity contribution in [2.75, 3.05) is 13.7 Å². The molecule has 0 aromatic heterocycles. The van der Waals surface area contributed by atoms with E-state index < -0.39 is 0 Å². The zero-order valence-electron chi connectivity index (χ0n) is 12.0. The lowest BCUT2D eigenvalue weighted by Gasteiger charge is -2.26. The molecule has 1 aromatic rings. The maximum atomic E-state index is 5.46. The van der Waals surface area contributed by atoms with E-state index in [-0.39, 0.29) is 5.41 Å². The minimum absolute atomic E-state index is 0.268. The number of benzene rings is 1. The van der Waals surface area contributed by atoms with Crippen LogP contribution in [0.25, 0.3) is 0 Å². The van der Waals surface area contributed by atoms with Crippen molar-refractivity contribution >= 4 is 0 Å². The molecule has 2 nitrogen and oxygen atoms in total. The highest BCUT2D eigenvalue weighted by Gasteiger charge is 2.26. The van der Waals surface area contributed by atoms with E-state index >= 15 is 0 Å². The van der Waals surface area contributed by atoms with Gasteiger partial charge in [0, 0.05) is 12.6 Å². The van der Waals surface area contributed by atoms with Gasteiger partial charge < -0.3 is 10.1 Å². The molecule has 0 heterocycles. The smallest absolute Gasteiger partial charge is 0.122 e. The summed E-state index contributed by atoms with van der Waals surface area (Å²) in [7, 11) is 1.75. The molecule has 0 aliphatic heterocycles. The lowest BCUT2D eigenvalue weighted by Crippen LogP contribution is -2.32. The largest absolute Gasteiger partial charge is 0.496 e. The maximum absolute atomic E-state index is 5.46. The molecule has 0 saturated heterocycles. The van der Waals surface area contributed by atoms with Gasteiger partial charge in [0.15, 0.2) is 0 Å². The quantitative estimate of drug-likeness (QED) is 0.832. The molecule has 1 N–H and O–H groups in total. The molecule has 0 bridgehead atoms. The van der Waals surface area contributed by atoms with Gasteiger partial charge in [0.05, 0.1) is 7.11 Å². The van der Waals surface area contributed by atoms with Crippen LogP contribution in [0, 0.1) is 12.3 Å². The van der Waals surface area contributed by atoms with E-state index in [1.54, 1.807) is 7.11 Å². The van der Waals surface area contributed by atoms with Crippen LogP contribution in [0.1, 0.15) is 37.8 Å². The number of hydrogen-bond acceptors (Lipinski definition) is 2. The third-order valence-corrected chi connectivity index (χ3v) is 3.55. The topological polar surface area (TPSA) is 21.3 Å². The van der Waals surface area contributed by atoms with Crippen molar-refractivity contribution < 1.29 is 4.74 Å². The van der Waals surface area contributed by atoms with E-state index in [0.717, 1.165) is 24.8 Å². The lowest BCUT2D eigenvalue weighted by atomic mass is 9.85. The fourth-order valence-electron chi connectivity index (χ4n) is 2.33. The number of nitrogens with one attached hydrogen (secondary N) is 1. The van der Waals surface area contributed by atoms with Crippen LogP contribution in [0.4, 0.5) is 0 Å². The zero-order valence-corrected chi connectivity index (χ0v) is 12.0. The van der Waals surface area contributed by atoms with E-state index in [1.165, 1.54) is 24.0 Å². The Kier molecular flexibility index (Phi) is 3.96. The second kappa shape index (κ2) is 5.31. The molecule has 100 valence electrons. The Morgan fingerprint density at radius 2 is 2.06 bits per heavy atom. The highest BCUT2D eigenvalue weighted by Crippen LogP contribution is 2.29. The Hall–Kier alpha value is -1.02. The van der Waals surface area contributed by atoms with Crippen LogP contribution in [0.5, 0.6) is 5.75 Å². The molecule has 0 amide bonds. The first-order valence-corrected chi connectivity index (χ1v) is 6.87. The number of aryl methyl sites for hydroxylation is 1. The fraction of sp³-hybridized carbons (Fsp3) is 0.625. The van der Waals surface area contributed by atoms with Crippen LogP contribution in [0.2, 0.25) is 0 Å². The molecule has 1 saturated carbocycles. The molecule has 1 aliphatic rings. The van der Waals surface area contributed by atoms with Gasteiger partial charge in [-0.2, -0.15) is 0 Å². The molecule has 1 aliphatic carbocycles. The van der Waals surface area contributed by atoms with Crippen molar-refractivity contribution in [1.82, 2.24) is 5.32 Å². The van der Waals surface area contributed by atoms with Gasteiger partial charge in [-0.1, -0.05) is 31.5 Å². The van der Waals surface area contributed by atoms with E-state index in [2.05, 4.69) is 44.3 Å². The fourth-order valence-corrected chi connectivity index (χ4v) is 2.33.